The summed E-state index contributed by atoms with van der Waals surface area (Å²) < 4.78 is 14.3. The first-order chi connectivity index (χ1) is 15.6. The lowest BCUT2D eigenvalue weighted by molar-refractivity contribution is -0.130. The number of carbonyl (C=O) groups excluding carboxylic acids is 3. The predicted molar refractivity (Wildman–Crippen MR) is 126 cm³/mol. The molecule has 0 radical (unpaired) electrons. The lowest BCUT2D eigenvalue weighted by Crippen LogP contribution is -2.67. The molecule has 5 nitrogen and oxygen atoms in total. The molecule has 3 amide bonds. The van der Waals surface area contributed by atoms with E-state index < -0.39 is 35.6 Å². The van der Waals surface area contributed by atoms with Crippen LogP contribution in [0.25, 0.3) is 0 Å². The summed E-state index contributed by atoms with van der Waals surface area (Å²) in [5, 5.41) is 1.07. The van der Waals surface area contributed by atoms with E-state index in [1.165, 1.54) is 22.3 Å². The number of hydrogen-bond acceptors (Lipinski definition) is 4. The molecule has 3 aromatic rings. The summed E-state index contributed by atoms with van der Waals surface area (Å²) in [5.41, 5.74) is 0.350. The van der Waals surface area contributed by atoms with Crippen molar-refractivity contribution in [2.75, 3.05) is 4.90 Å². The molecule has 5 rings (SSSR count). The van der Waals surface area contributed by atoms with E-state index >= 15 is 0 Å². The van der Waals surface area contributed by atoms with Crippen LogP contribution in [-0.4, -0.2) is 28.7 Å². The van der Waals surface area contributed by atoms with E-state index in [1.807, 2.05) is 0 Å². The maximum atomic E-state index is 14.3. The standard InChI is InChI=1S/C22H11Cl4FN2O3S/c1-8-4-5-9(7-10(8)27)28-18(11-3-2-6-33-11)19(22(28)32)29-20(30)12-13(21(29)31)15(24)17(26)16(25)14(12)23/h2-7,18-19H,1H3. The molecule has 168 valence electrons. The lowest BCUT2D eigenvalue weighted by Gasteiger charge is -2.49. The summed E-state index contributed by atoms with van der Waals surface area (Å²) in [6.45, 7) is 1.61. The topological polar surface area (TPSA) is 57.7 Å². The zero-order chi connectivity index (χ0) is 23.8. The Morgan fingerprint density at radius 1 is 0.848 bits per heavy atom. The third-order valence-corrected chi connectivity index (χ3v) is 8.49. The second kappa shape index (κ2) is 7.96. The third-order valence-electron chi connectivity index (χ3n) is 5.75. The summed E-state index contributed by atoms with van der Waals surface area (Å²) in [4.78, 5) is 42.9. The normalized spacial score (nSPS) is 19.9. The summed E-state index contributed by atoms with van der Waals surface area (Å²) >= 11 is 26.0. The highest BCUT2D eigenvalue weighted by molar-refractivity contribution is 7.10. The van der Waals surface area contributed by atoms with Crippen LogP contribution in [-0.2, 0) is 4.79 Å². The molecule has 0 N–H and O–H groups in total. The van der Waals surface area contributed by atoms with Gasteiger partial charge in [-0.05, 0) is 36.1 Å². The van der Waals surface area contributed by atoms with Gasteiger partial charge in [0, 0.05) is 10.6 Å². The van der Waals surface area contributed by atoms with Crippen molar-refractivity contribution >= 4 is 81.1 Å². The van der Waals surface area contributed by atoms with E-state index in [4.69, 9.17) is 46.4 Å². The van der Waals surface area contributed by atoms with E-state index in [0.717, 1.165) is 4.90 Å². The number of amides is 3. The molecule has 0 bridgehead atoms. The van der Waals surface area contributed by atoms with E-state index in [1.54, 1.807) is 36.6 Å². The van der Waals surface area contributed by atoms with Gasteiger partial charge in [-0.1, -0.05) is 58.5 Å². The highest BCUT2D eigenvalue weighted by Crippen LogP contribution is 2.49. The number of hydrogen-bond donors (Lipinski definition) is 0. The molecule has 2 aromatic carbocycles. The first-order valence-corrected chi connectivity index (χ1v) is 11.9. The Hall–Kier alpha value is -2.16. The van der Waals surface area contributed by atoms with Gasteiger partial charge in [-0.25, -0.2) is 4.39 Å². The molecule has 3 heterocycles. The van der Waals surface area contributed by atoms with Crippen molar-refractivity contribution in [3.63, 3.8) is 0 Å². The van der Waals surface area contributed by atoms with Gasteiger partial charge in [-0.2, -0.15) is 0 Å². The number of carbonyl (C=O) groups is 3. The van der Waals surface area contributed by atoms with Crippen LogP contribution < -0.4 is 4.90 Å². The Bertz CT molecular complexity index is 1330. The average Bonchev–Trinajstić information content (AvgIpc) is 3.39. The fourth-order valence-corrected chi connectivity index (χ4v) is 5.97. The second-order valence-corrected chi connectivity index (χ2v) is 10.0. The largest absolute Gasteiger partial charge is 0.299 e. The first-order valence-electron chi connectivity index (χ1n) is 9.51. The van der Waals surface area contributed by atoms with E-state index in [0.29, 0.717) is 16.1 Å². The van der Waals surface area contributed by atoms with Crippen molar-refractivity contribution in [1.29, 1.82) is 0 Å². The summed E-state index contributed by atoms with van der Waals surface area (Å²) in [6, 6.07) is 6.09. The Morgan fingerprint density at radius 2 is 1.45 bits per heavy atom. The van der Waals surface area contributed by atoms with Gasteiger partial charge in [0.25, 0.3) is 17.7 Å². The van der Waals surface area contributed by atoms with Crippen LogP contribution in [0.15, 0.2) is 35.7 Å². The van der Waals surface area contributed by atoms with Crippen LogP contribution in [0, 0.1) is 12.7 Å². The fraction of sp³-hybridized carbons (Fsp3) is 0.136. The fourth-order valence-electron chi connectivity index (χ4n) is 4.11. The minimum Gasteiger partial charge on any atom is -0.299 e. The number of anilines is 1. The SMILES string of the molecule is Cc1ccc(N2C(=O)C(N3C(=O)c4c(Cl)c(Cl)c(Cl)c(Cl)c4C3=O)C2c2cccs2)cc1F. The summed E-state index contributed by atoms with van der Waals surface area (Å²) in [5.74, 6) is -2.61. The van der Waals surface area contributed by atoms with Crippen molar-refractivity contribution in [3.8, 4) is 0 Å². The predicted octanol–water partition coefficient (Wildman–Crippen LogP) is 6.56. The Labute approximate surface area is 211 Å². The van der Waals surface area contributed by atoms with Gasteiger partial charge in [0.1, 0.15) is 17.9 Å². The van der Waals surface area contributed by atoms with Crippen molar-refractivity contribution in [2.24, 2.45) is 0 Å². The molecule has 0 saturated carbocycles. The van der Waals surface area contributed by atoms with Crippen molar-refractivity contribution in [3.05, 3.63) is 83.2 Å². The highest BCUT2D eigenvalue weighted by Gasteiger charge is 2.58. The van der Waals surface area contributed by atoms with Gasteiger partial charge in [0.05, 0.1) is 31.2 Å². The van der Waals surface area contributed by atoms with Gasteiger partial charge < -0.3 is 0 Å². The summed E-state index contributed by atoms with van der Waals surface area (Å²) in [7, 11) is 0. The molecule has 2 aliphatic heterocycles. The van der Waals surface area contributed by atoms with E-state index in [-0.39, 0.29) is 31.2 Å². The lowest BCUT2D eigenvalue weighted by atomic mass is 9.90. The molecule has 33 heavy (non-hydrogen) atoms. The molecule has 11 heteroatoms. The van der Waals surface area contributed by atoms with Crippen LogP contribution >= 0.6 is 57.7 Å². The first kappa shape index (κ1) is 22.6. The van der Waals surface area contributed by atoms with E-state index in [2.05, 4.69) is 0 Å². The number of benzene rings is 2. The van der Waals surface area contributed by atoms with Crippen LogP contribution in [0.5, 0.6) is 0 Å². The van der Waals surface area contributed by atoms with Gasteiger partial charge in [0.15, 0.2) is 0 Å². The van der Waals surface area contributed by atoms with Crippen molar-refractivity contribution in [2.45, 2.75) is 19.0 Å². The van der Waals surface area contributed by atoms with Gasteiger partial charge in [-0.3, -0.25) is 24.2 Å². The number of rotatable bonds is 3. The molecule has 0 spiro atoms. The number of fused-ring (bicyclic) bond motifs is 1. The van der Waals surface area contributed by atoms with Crippen LogP contribution in [0.4, 0.5) is 10.1 Å². The molecule has 2 atom stereocenters. The number of aryl methyl sites for hydroxylation is 1. The maximum Gasteiger partial charge on any atom is 0.264 e. The Morgan fingerprint density at radius 3 is 1.97 bits per heavy atom. The number of halogens is 5. The summed E-state index contributed by atoms with van der Waals surface area (Å²) in [6.07, 6.45) is 0. The smallest absolute Gasteiger partial charge is 0.264 e. The second-order valence-electron chi connectivity index (χ2n) is 7.53. The van der Waals surface area contributed by atoms with Gasteiger partial charge in [-0.15, -0.1) is 11.3 Å². The van der Waals surface area contributed by atoms with Crippen LogP contribution in [0.2, 0.25) is 20.1 Å². The van der Waals surface area contributed by atoms with Crippen LogP contribution in [0.1, 0.15) is 37.2 Å². The van der Waals surface area contributed by atoms with E-state index in [9.17, 15) is 18.8 Å². The minimum absolute atomic E-state index is 0.156. The number of β-lactam (4-membered cyclic amide) rings is 1. The molecule has 1 saturated heterocycles. The monoisotopic (exact) mass is 542 g/mol. The Kier molecular flexibility index (Phi) is 5.46. The Balaban J connectivity index is 1.62. The molecule has 2 aliphatic rings. The number of thiophene rings is 1. The zero-order valence-corrected chi connectivity index (χ0v) is 20.4. The molecule has 2 unspecified atom stereocenters. The van der Waals surface area contributed by atoms with Crippen molar-refractivity contribution < 1.29 is 18.8 Å². The van der Waals surface area contributed by atoms with Gasteiger partial charge in [0.2, 0.25) is 0 Å². The highest BCUT2D eigenvalue weighted by atomic mass is 35.5. The molecule has 1 fully saturated rings. The third kappa shape index (κ3) is 3.14. The zero-order valence-electron chi connectivity index (χ0n) is 16.5. The van der Waals surface area contributed by atoms with Crippen LogP contribution in [0.3, 0.4) is 0 Å². The molecule has 0 aliphatic carbocycles. The van der Waals surface area contributed by atoms with Gasteiger partial charge >= 0.3 is 0 Å². The molecule has 1 aromatic heterocycles. The number of nitrogens with zero attached hydrogens (tertiary/aromatic N) is 2. The quantitative estimate of drug-likeness (QED) is 0.163. The maximum absolute atomic E-state index is 14.3. The van der Waals surface area contributed by atoms with Crippen molar-refractivity contribution in [1.82, 2.24) is 4.90 Å². The average molecular weight is 544 g/mol. The number of imide groups is 1. The molecular weight excluding hydrogens is 533 g/mol. The molecular formula is C22H11Cl4FN2O3S. The minimum atomic E-state index is -1.18.